The SMILES string of the molecule is CCCN(C(=O)[C@@H]1CCCCN1)C(C)C. The molecule has 0 aromatic rings. The van der Waals surface area contributed by atoms with E-state index >= 15 is 0 Å². The van der Waals surface area contributed by atoms with Crippen LogP contribution in [-0.2, 0) is 4.79 Å². The van der Waals surface area contributed by atoms with Crippen molar-refractivity contribution in [3.63, 3.8) is 0 Å². The number of nitrogens with zero attached hydrogens (tertiary/aromatic N) is 1. The van der Waals surface area contributed by atoms with E-state index in [1.165, 1.54) is 12.8 Å². The molecule has 0 spiro atoms. The third-order valence-electron chi connectivity index (χ3n) is 2.98. The number of hydrogen-bond donors (Lipinski definition) is 1. The quantitative estimate of drug-likeness (QED) is 0.770. The van der Waals surface area contributed by atoms with E-state index in [0.29, 0.717) is 11.9 Å². The summed E-state index contributed by atoms with van der Waals surface area (Å²) in [5.41, 5.74) is 0. The van der Waals surface area contributed by atoms with Gasteiger partial charge in [0.1, 0.15) is 0 Å². The molecule has 1 aliphatic heterocycles. The van der Waals surface area contributed by atoms with Gasteiger partial charge in [-0.25, -0.2) is 0 Å². The molecular formula is C12H24N2O. The lowest BCUT2D eigenvalue weighted by Gasteiger charge is -2.32. The Morgan fingerprint density at radius 2 is 2.20 bits per heavy atom. The first kappa shape index (κ1) is 12.5. The summed E-state index contributed by atoms with van der Waals surface area (Å²) in [6.07, 6.45) is 4.43. The Hall–Kier alpha value is -0.570. The highest BCUT2D eigenvalue weighted by atomic mass is 16.2. The summed E-state index contributed by atoms with van der Waals surface area (Å²) in [6.45, 7) is 8.19. The molecule has 1 fully saturated rings. The van der Waals surface area contributed by atoms with Gasteiger partial charge in [-0.3, -0.25) is 4.79 Å². The summed E-state index contributed by atoms with van der Waals surface area (Å²) in [7, 11) is 0. The second-order valence-corrected chi connectivity index (χ2v) is 4.63. The lowest BCUT2D eigenvalue weighted by atomic mass is 10.0. The Kier molecular flexibility index (Phi) is 5.09. The molecule has 1 rings (SSSR count). The van der Waals surface area contributed by atoms with Gasteiger partial charge in [0, 0.05) is 12.6 Å². The Bertz CT molecular complexity index is 198. The van der Waals surface area contributed by atoms with Crippen molar-refractivity contribution in [3.8, 4) is 0 Å². The third-order valence-corrected chi connectivity index (χ3v) is 2.98. The van der Waals surface area contributed by atoms with Crippen LogP contribution in [0.25, 0.3) is 0 Å². The zero-order valence-electron chi connectivity index (χ0n) is 10.3. The number of carbonyl (C=O) groups excluding carboxylic acids is 1. The highest BCUT2D eigenvalue weighted by molar-refractivity contribution is 5.82. The van der Waals surface area contributed by atoms with Gasteiger partial charge in [-0.2, -0.15) is 0 Å². The average Bonchev–Trinajstić information content (AvgIpc) is 2.26. The molecule has 1 aliphatic rings. The summed E-state index contributed by atoms with van der Waals surface area (Å²) in [5.74, 6) is 0.298. The van der Waals surface area contributed by atoms with Gasteiger partial charge in [0.25, 0.3) is 0 Å². The first-order valence-electron chi connectivity index (χ1n) is 6.20. The number of hydrogen-bond acceptors (Lipinski definition) is 2. The first-order chi connectivity index (χ1) is 7.16. The van der Waals surface area contributed by atoms with E-state index in [2.05, 4.69) is 26.1 Å². The lowest BCUT2D eigenvalue weighted by Crippen LogP contribution is -2.50. The fraction of sp³-hybridized carbons (Fsp3) is 0.917. The standard InChI is InChI=1S/C12H24N2O/c1-4-9-14(10(2)3)12(15)11-7-5-6-8-13-11/h10-11,13H,4-9H2,1-3H3/t11-/m0/s1. The molecule has 1 heterocycles. The van der Waals surface area contributed by atoms with Gasteiger partial charge in [-0.05, 0) is 39.7 Å². The van der Waals surface area contributed by atoms with Crippen LogP contribution in [0, 0.1) is 0 Å². The van der Waals surface area contributed by atoms with Crippen LogP contribution in [0.4, 0.5) is 0 Å². The van der Waals surface area contributed by atoms with Crippen LogP contribution in [0.1, 0.15) is 46.5 Å². The molecule has 0 bridgehead atoms. The molecule has 0 saturated carbocycles. The molecule has 0 aromatic heterocycles. The van der Waals surface area contributed by atoms with Crippen LogP contribution in [0.15, 0.2) is 0 Å². The molecule has 0 aliphatic carbocycles. The maximum atomic E-state index is 12.2. The van der Waals surface area contributed by atoms with Crippen molar-refractivity contribution in [3.05, 3.63) is 0 Å². The molecule has 1 atom stereocenters. The number of piperidine rings is 1. The normalized spacial score (nSPS) is 21.7. The van der Waals surface area contributed by atoms with Gasteiger partial charge < -0.3 is 10.2 Å². The molecule has 0 aromatic carbocycles. The summed E-state index contributed by atoms with van der Waals surface area (Å²) < 4.78 is 0. The summed E-state index contributed by atoms with van der Waals surface area (Å²) in [5, 5.41) is 3.32. The second-order valence-electron chi connectivity index (χ2n) is 4.63. The van der Waals surface area contributed by atoms with Crippen LogP contribution in [0.2, 0.25) is 0 Å². The van der Waals surface area contributed by atoms with Crippen LogP contribution in [0.3, 0.4) is 0 Å². The molecule has 1 amide bonds. The topological polar surface area (TPSA) is 32.3 Å². The molecular weight excluding hydrogens is 188 g/mol. The van der Waals surface area contributed by atoms with E-state index in [-0.39, 0.29) is 6.04 Å². The monoisotopic (exact) mass is 212 g/mol. The van der Waals surface area contributed by atoms with Crippen LogP contribution >= 0.6 is 0 Å². The van der Waals surface area contributed by atoms with Gasteiger partial charge in [0.2, 0.25) is 5.91 Å². The van der Waals surface area contributed by atoms with Crippen LogP contribution < -0.4 is 5.32 Å². The molecule has 1 saturated heterocycles. The average molecular weight is 212 g/mol. The molecule has 3 nitrogen and oxygen atoms in total. The minimum absolute atomic E-state index is 0.0766. The van der Waals surface area contributed by atoms with Crippen molar-refractivity contribution in [1.82, 2.24) is 10.2 Å². The maximum Gasteiger partial charge on any atom is 0.239 e. The summed E-state index contributed by atoms with van der Waals surface area (Å²) in [6, 6.07) is 0.397. The van der Waals surface area contributed by atoms with Crippen molar-refractivity contribution in [1.29, 1.82) is 0 Å². The highest BCUT2D eigenvalue weighted by Crippen LogP contribution is 2.12. The summed E-state index contributed by atoms with van der Waals surface area (Å²) in [4.78, 5) is 14.2. The van der Waals surface area contributed by atoms with Crippen molar-refractivity contribution >= 4 is 5.91 Å². The minimum Gasteiger partial charge on any atom is -0.339 e. The van der Waals surface area contributed by atoms with E-state index in [0.717, 1.165) is 25.9 Å². The zero-order chi connectivity index (χ0) is 11.3. The lowest BCUT2D eigenvalue weighted by molar-refractivity contribution is -0.135. The molecule has 15 heavy (non-hydrogen) atoms. The predicted molar refractivity (Wildman–Crippen MR) is 62.8 cm³/mol. The van der Waals surface area contributed by atoms with Crippen LogP contribution in [0.5, 0.6) is 0 Å². The number of carbonyl (C=O) groups is 1. The fourth-order valence-electron chi connectivity index (χ4n) is 2.13. The van der Waals surface area contributed by atoms with Gasteiger partial charge in [-0.15, -0.1) is 0 Å². The van der Waals surface area contributed by atoms with Crippen molar-refractivity contribution in [2.24, 2.45) is 0 Å². The Labute approximate surface area is 93.2 Å². The Morgan fingerprint density at radius 3 is 2.67 bits per heavy atom. The van der Waals surface area contributed by atoms with Crippen LogP contribution in [-0.4, -0.2) is 36.0 Å². The second kappa shape index (κ2) is 6.11. The molecule has 0 radical (unpaired) electrons. The Morgan fingerprint density at radius 1 is 1.47 bits per heavy atom. The van der Waals surface area contributed by atoms with Gasteiger partial charge in [0.15, 0.2) is 0 Å². The summed E-state index contributed by atoms with van der Waals surface area (Å²) >= 11 is 0. The first-order valence-corrected chi connectivity index (χ1v) is 6.20. The van der Waals surface area contributed by atoms with E-state index in [9.17, 15) is 4.79 Å². The van der Waals surface area contributed by atoms with Gasteiger partial charge in [0.05, 0.1) is 6.04 Å². The number of nitrogens with one attached hydrogen (secondary N) is 1. The van der Waals surface area contributed by atoms with Crippen molar-refractivity contribution < 1.29 is 4.79 Å². The number of rotatable bonds is 4. The van der Waals surface area contributed by atoms with Gasteiger partial charge >= 0.3 is 0 Å². The molecule has 1 N–H and O–H groups in total. The van der Waals surface area contributed by atoms with E-state index in [4.69, 9.17) is 0 Å². The van der Waals surface area contributed by atoms with Gasteiger partial charge in [-0.1, -0.05) is 13.3 Å². The maximum absolute atomic E-state index is 12.2. The largest absolute Gasteiger partial charge is 0.339 e. The van der Waals surface area contributed by atoms with Crippen molar-refractivity contribution in [2.45, 2.75) is 58.5 Å². The van der Waals surface area contributed by atoms with E-state index in [1.807, 2.05) is 4.90 Å². The van der Waals surface area contributed by atoms with E-state index in [1.54, 1.807) is 0 Å². The zero-order valence-corrected chi connectivity index (χ0v) is 10.3. The minimum atomic E-state index is 0.0766. The fourth-order valence-corrected chi connectivity index (χ4v) is 2.13. The number of amides is 1. The van der Waals surface area contributed by atoms with E-state index < -0.39 is 0 Å². The molecule has 3 heteroatoms. The third kappa shape index (κ3) is 3.49. The molecule has 0 unspecified atom stereocenters. The molecule has 88 valence electrons. The van der Waals surface area contributed by atoms with Crippen molar-refractivity contribution in [2.75, 3.05) is 13.1 Å². The Balaban J connectivity index is 2.53. The predicted octanol–water partition coefficient (Wildman–Crippen LogP) is 1.78. The highest BCUT2D eigenvalue weighted by Gasteiger charge is 2.26. The smallest absolute Gasteiger partial charge is 0.239 e.